The SMILES string of the molecule is CCNC(=NCC(C)(C)NS(C)(=O)=O)NCCc1c[nH]c2c(CC)cccc12.I. The standard InChI is InChI=1S/C20H33N5O2S.HI/c1-6-15-9-8-10-17-16(13-23-18(15)17)11-12-22-19(21-7-2)24-14-20(3,4)25-28(5,26)27;/h8-10,13,23,25H,6-7,11-12,14H2,1-5H3,(H2,21,22,24);1H. The summed E-state index contributed by atoms with van der Waals surface area (Å²) in [7, 11) is -3.28. The molecule has 9 heteroatoms. The number of halogens is 1. The van der Waals surface area contributed by atoms with Crippen LogP contribution in [0.25, 0.3) is 10.9 Å². The number of hydrogen-bond donors (Lipinski definition) is 4. The molecule has 0 saturated heterocycles. The molecule has 1 aromatic heterocycles. The summed E-state index contributed by atoms with van der Waals surface area (Å²) in [6.07, 6.45) is 5.11. The molecule has 29 heavy (non-hydrogen) atoms. The molecule has 0 bridgehead atoms. The quantitative estimate of drug-likeness (QED) is 0.226. The van der Waals surface area contributed by atoms with Crippen molar-refractivity contribution in [1.82, 2.24) is 20.3 Å². The minimum Gasteiger partial charge on any atom is -0.361 e. The summed E-state index contributed by atoms with van der Waals surface area (Å²) in [6, 6.07) is 6.41. The lowest BCUT2D eigenvalue weighted by atomic mass is 10.1. The van der Waals surface area contributed by atoms with Gasteiger partial charge in [-0.1, -0.05) is 25.1 Å². The number of nitrogens with one attached hydrogen (secondary N) is 4. The summed E-state index contributed by atoms with van der Waals surface area (Å²) in [5.74, 6) is 0.681. The molecule has 1 aromatic carbocycles. The van der Waals surface area contributed by atoms with Crippen LogP contribution in [0.15, 0.2) is 29.4 Å². The molecule has 164 valence electrons. The van der Waals surface area contributed by atoms with Gasteiger partial charge in [0.25, 0.3) is 0 Å². The third kappa shape index (κ3) is 8.13. The highest BCUT2D eigenvalue weighted by atomic mass is 127. The predicted molar refractivity (Wildman–Crippen MR) is 133 cm³/mol. The van der Waals surface area contributed by atoms with Gasteiger partial charge in [0, 0.05) is 35.7 Å². The maximum Gasteiger partial charge on any atom is 0.209 e. The number of aliphatic imine (C=N–C) groups is 1. The van der Waals surface area contributed by atoms with Crippen LogP contribution in [0.4, 0.5) is 0 Å². The van der Waals surface area contributed by atoms with Crippen LogP contribution in [-0.2, 0) is 22.9 Å². The van der Waals surface area contributed by atoms with E-state index in [-0.39, 0.29) is 24.0 Å². The zero-order valence-electron chi connectivity index (χ0n) is 17.9. The van der Waals surface area contributed by atoms with Crippen molar-refractivity contribution in [1.29, 1.82) is 0 Å². The number of rotatable bonds is 9. The Morgan fingerprint density at radius 1 is 1.17 bits per heavy atom. The second kappa shape index (κ2) is 11.2. The highest BCUT2D eigenvalue weighted by molar-refractivity contribution is 14.0. The number of para-hydroxylation sites is 1. The van der Waals surface area contributed by atoms with E-state index in [1.807, 2.05) is 20.8 Å². The largest absolute Gasteiger partial charge is 0.361 e. The Hall–Kier alpha value is -1.33. The molecule has 4 N–H and O–H groups in total. The molecule has 0 spiro atoms. The Morgan fingerprint density at radius 2 is 1.90 bits per heavy atom. The number of H-pyrrole nitrogens is 1. The molecule has 2 aromatic rings. The van der Waals surface area contributed by atoms with E-state index in [0.29, 0.717) is 12.5 Å². The Balaban J connectivity index is 0.00000420. The van der Waals surface area contributed by atoms with Gasteiger partial charge in [-0.15, -0.1) is 24.0 Å². The summed E-state index contributed by atoms with van der Waals surface area (Å²) in [5.41, 5.74) is 3.16. The summed E-state index contributed by atoms with van der Waals surface area (Å²) < 4.78 is 25.6. The molecule has 0 saturated carbocycles. The van der Waals surface area contributed by atoms with E-state index in [0.717, 1.165) is 32.2 Å². The lowest BCUT2D eigenvalue weighted by Gasteiger charge is -2.23. The second-order valence-electron chi connectivity index (χ2n) is 7.64. The van der Waals surface area contributed by atoms with Crippen molar-refractivity contribution in [3.8, 4) is 0 Å². The van der Waals surface area contributed by atoms with Gasteiger partial charge in [0.05, 0.1) is 12.8 Å². The van der Waals surface area contributed by atoms with Crippen LogP contribution in [0.5, 0.6) is 0 Å². The number of aromatic amines is 1. The van der Waals surface area contributed by atoms with Crippen molar-refractivity contribution in [3.63, 3.8) is 0 Å². The van der Waals surface area contributed by atoms with Gasteiger partial charge in [0.2, 0.25) is 10.0 Å². The monoisotopic (exact) mass is 535 g/mol. The Labute approximate surface area is 191 Å². The third-order valence-electron chi connectivity index (χ3n) is 4.39. The van der Waals surface area contributed by atoms with Crippen LogP contribution < -0.4 is 15.4 Å². The maximum absolute atomic E-state index is 11.5. The number of aromatic nitrogens is 1. The van der Waals surface area contributed by atoms with Gasteiger partial charge in [0.1, 0.15) is 0 Å². The fourth-order valence-electron chi connectivity index (χ4n) is 3.24. The summed E-state index contributed by atoms with van der Waals surface area (Å²) in [5, 5.41) is 7.81. The smallest absolute Gasteiger partial charge is 0.209 e. The molecule has 2 rings (SSSR count). The first-order chi connectivity index (χ1) is 13.1. The maximum atomic E-state index is 11.5. The van der Waals surface area contributed by atoms with Crippen LogP contribution in [-0.4, -0.2) is 50.8 Å². The first-order valence-corrected chi connectivity index (χ1v) is 11.6. The molecule has 0 aliphatic heterocycles. The van der Waals surface area contributed by atoms with Crippen LogP contribution >= 0.6 is 24.0 Å². The second-order valence-corrected chi connectivity index (χ2v) is 9.39. The van der Waals surface area contributed by atoms with Gasteiger partial charge in [-0.2, -0.15) is 0 Å². The van der Waals surface area contributed by atoms with E-state index in [9.17, 15) is 8.42 Å². The number of nitrogens with zero attached hydrogens (tertiary/aromatic N) is 1. The summed E-state index contributed by atoms with van der Waals surface area (Å²) in [6.45, 7) is 9.60. The summed E-state index contributed by atoms with van der Waals surface area (Å²) >= 11 is 0. The van der Waals surface area contributed by atoms with Gasteiger partial charge in [-0.25, -0.2) is 13.1 Å². The average molecular weight is 535 g/mol. The number of sulfonamides is 1. The fourth-order valence-corrected chi connectivity index (χ4v) is 4.31. The number of hydrogen-bond acceptors (Lipinski definition) is 3. The number of guanidine groups is 1. The normalized spacial score (nSPS) is 12.7. The predicted octanol–water partition coefficient (Wildman–Crippen LogP) is 2.77. The molecule has 0 radical (unpaired) electrons. The minimum absolute atomic E-state index is 0. The van der Waals surface area contributed by atoms with Crippen molar-refractivity contribution in [2.45, 2.75) is 46.1 Å². The van der Waals surface area contributed by atoms with Crippen molar-refractivity contribution in [3.05, 3.63) is 35.5 Å². The lowest BCUT2D eigenvalue weighted by Crippen LogP contribution is -2.47. The van der Waals surface area contributed by atoms with Crippen LogP contribution in [0, 0.1) is 0 Å². The van der Waals surface area contributed by atoms with E-state index in [1.54, 1.807) is 0 Å². The molecule has 0 unspecified atom stereocenters. The molecule has 0 amide bonds. The van der Waals surface area contributed by atoms with Crippen LogP contribution in [0.1, 0.15) is 38.8 Å². The first-order valence-electron chi connectivity index (χ1n) is 9.74. The van der Waals surface area contributed by atoms with Gasteiger partial charge in [0.15, 0.2) is 5.96 Å². The van der Waals surface area contributed by atoms with E-state index in [2.05, 4.69) is 56.7 Å². The van der Waals surface area contributed by atoms with Gasteiger partial charge >= 0.3 is 0 Å². The van der Waals surface area contributed by atoms with E-state index in [4.69, 9.17) is 0 Å². The molecular weight excluding hydrogens is 501 g/mol. The Morgan fingerprint density at radius 3 is 2.52 bits per heavy atom. The van der Waals surface area contributed by atoms with Gasteiger partial charge in [-0.3, -0.25) is 4.99 Å². The van der Waals surface area contributed by atoms with Crippen LogP contribution in [0.3, 0.4) is 0 Å². The summed E-state index contributed by atoms with van der Waals surface area (Å²) in [4.78, 5) is 7.94. The highest BCUT2D eigenvalue weighted by Crippen LogP contribution is 2.22. The zero-order chi connectivity index (χ0) is 20.8. The average Bonchev–Trinajstić information content (AvgIpc) is 3.01. The molecule has 0 atom stereocenters. The van der Waals surface area contributed by atoms with E-state index >= 15 is 0 Å². The molecule has 7 nitrogen and oxygen atoms in total. The van der Waals surface area contributed by atoms with Gasteiger partial charge in [-0.05, 0) is 44.7 Å². The van der Waals surface area contributed by atoms with E-state index < -0.39 is 15.6 Å². The third-order valence-corrected chi connectivity index (χ3v) is 5.32. The van der Waals surface area contributed by atoms with Crippen molar-refractivity contribution < 1.29 is 8.42 Å². The van der Waals surface area contributed by atoms with E-state index in [1.165, 1.54) is 22.0 Å². The molecular formula is C20H34IN5O2S. The lowest BCUT2D eigenvalue weighted by molar-refractivity contribution is 0.464. The van der Waals surface area contributed by atoms with Crippen molar-refractivity contribution >= 4 is 50.9 Å². The number of aryl methyl sites for hydroxylation is 1. The zero-order valence-corrected chi connectivity index (χ0v) is 21.1. The molecule has 0 fully saturated rings. The topological polar surface area (TPSA) is 98.4 Å². The Kier molecular flexibility index (Phi) is 9.90. The van der Waals surface area contributed by atoms with Crippen molar-refractivity contribution in [2.24, 2.45) is 4.99 Å². The number of fused-ring (bicyclic) bond motifs is 1. The molecule has 0 aliphatic carbocycles. The van der Waals surface area contributed by atoms with Crippen LogP contribution in [0.2, 0.25) is 0 Å². The molecule has 0 aliphatic rings. The minimum atomic E-state index is -3.28. The Bertz CT molecular complexity index is 922. The fraction of sp³-hybridized carbons (Fsp3) is 0.550. The first kappa shape index (κ1) is 25.7. The highest BCUT2D eigenvalue weighted by Gasteiger charge is 2.21. The number of benzene rings is 1. The molecule has 1 heterocycles. The van der Waals surface area contributed by atoms with Crippen molar-refractivity contribution in [2.75, 3.05) is 25.9 Å². The van der Waals surface area contributed by atoms with Gasteiger partial charge < -0.3 is 15.6 Å².